The summed E-state index contributed by atoms with van der Waals surface area (Å²) in [6.07, 6.45) is -0.117. The largest absolute Gasteiger partial charge is 0.466 e. The van der Waals surface area contributed by atoms with E-state index in [1.807, 2.05) is 30.3 Å². The molecule has 0 radical (unpaired) electrons. The number of rotatable bonds is 5. The van der Waals surface area contributed by atoms with Gasteiger partial charge in [0, 0.05) is 0 Å². The van der Waals surface area contributed by atoms with Crippen molar-refractivity contribution in [3.8, 4) is 0 Å². The number of carbonyl (C=O) groups is 1. The van der Waals surface area contributed by atoms with Crippen LogP contribution in [0.3, 0.4) is 0 Å². The highest BCUT2D eigenvalue weighted by Crippen LogP contribution is 2.06. The van der Waals surface area contributed by atoms with Crippen molar-refractivity contribution in [2.75, 3.05) is 6.61 Å². The van der Waals surface area contributed by atoms with E-state index in [-0.39, 0.29) is 12.4 Å². The summed E-state index contributed by atoms with van der Waals surface area (Å²) >= 11 is 0. The van der Waals surface area contributed by atoms with Gasteiger partial charge in [0.15, 0.2) is 0 Å². The third-order valence-electron chi connectivity index (χ3n) is 2.02. The lowest BCUT2D eigenvalue weighted by molar-refractivity contribution is -0.145. The van der Waals surface area contributed by atoms with Crippen LogP contribution < -0.4 is 0 Å². The van der Waals surface area contributed by atoms with Crippen molar-refractivity contribution in [2.24, 2.45) is 0 Å². The van der Waals surface area contributed by atoms with E-state index >= 15 is 0 Å². The molecule has 0 aliphatic heterocycles. The summed E-state index contributed by atoms with van der Waals surface area (Å²) in [6.45, 7) is 2.11. The van der Waals surface area contributed by atoms with Gasteiger partial charge in [-0.05, 0) is 18.9 Å². The molecule has 82 valence electrons. The second-order valence-corrected chi connectivity index (χ2v) is 3.35. The van der Waals surface area contributed by atoms with E-state index in [0.717, 1.165) is 5.56 Å². The predicted octanol–water partition coefficient (Wildman–Crippen LogP) is 1.54. The zero-order valence-corrected chi connectivity index (χ0v) is 8.85. The third-order valence-corrected chi connectivity index (χ3v) is 2.02. The first-order chi connectivity index (χ1) is 7.22. The van der Waals surface area contributed by atoms with Crippen LogP contribution in [0.1, 0.15) is 18.9 Å². The van der Waals surface area contributed by atoms with Gasteiger partial charge in [-0.2, -0.15) is 0 Å². The molecule has 0 amide bonds. The Hall–Kier alpha value is -1.35. The molecule has 3 heteroatoms. The molecule has 1 atom stereocenters. The smallest absolute Gasteiger partial charge is 0.308 e. The summed E-state index contributed by atoms with van der Waals surface area (Å²) in [5.41, 5.74) is 1.02. The Kier molecular flexibility index (Phi) is 4.84. The minimum Gasteiger partial charge on any atom is -0.466 e. The Labute approximate surface area is 89.7 Å². The molecular formula is C12H16O3. The van der Waals surface area contributed by atoms with Gasteiger partial charge in [-0.1, -0.05) is 30.3 Å². The van der Waals surface area contributed by atoms with Crippen molar-refractivity contribution in [1.29, 1.82) is 0 Å². The molecular weight excluding hydrogens is 192 g/mol. The van der Waals surface area contributed by atoms with Crippen molar-refractivity contribution in [3.63, 3.8) is 0 Å². The highest BCUT2D eigenvalue weighted by molar-refractivity contribution is 5.69. The Morgan fingerprint density at radius 2 is 2.07 bits per heavy atom. The Morgan fingerprint density at radius 3 is 2.67 bits per heavy atom. The quantitative estimate of drug-likeness (QED) is 0.747. The second-order valence-electron chi connectivity index (χ2n) is 3.35. The fraction of sp³-hybridized carbons (Fsp3) is 0.417. The zero-order chi connectivity index (χ0) is 11.1. The van der Waals surface area contributed by atoms with Crippen LogP contribution in [0.25, 0.3) is 0 Å². The summed E-state index contributed by atoms with van der Waals surface area (Å²) in [5.74, 6) is -0.346. The first kappa shape index (κ1) is 11.7. The number of hydrogen-bond donors (Lipinski definition) is 1. The van der Waals surface area contributed by atoms with E-state index < -0.39 is 6.10 Å². The standard InChI is InChI=1S/C12H16O3/c1-2-15-12(14)9-11(13)8-10-6-4-3-5-7-10/h3-7,11,13H,2,8-9H2,1H3/t11-/m0/s1. The van der Waals surface area contributed by atoms with Crippen LogP contribution in [0, 0.1) is 0 Å². The van der Waals surface area contributed by atoms with Gasteiger partial charge in [0.25, 0.3) is 0 Å². The van der Waals surface area contributed by atoms with Gasteiger partial charge in [-0.15, -0.1) is 0 Å². The molecule has 0 saturated carbocycles. The Balaban J connectivity index is 2.36. The number of aliphatic hydroxyl groups excluding tert-OH is 1. The molecule has 1 aromatic carbocycles. The SMILES string of the molecule is CCOC(=O)C[C@@H](O)Cc1ccccc1. The van der Waals surface area contributed by atoms with Gasteiger partial charge in [0.05, 0.1) is 19.1 Å². The van der Waals surface area contributed by atoms with Crippen molar-refractivity contribution in [3.05, 3.63) is 35.9 Å². The van der Waals surface area contributed by atoms with Gasteiger partial charge >= 0.3 is 5.97 Å². The van der Waals surface area contributed by atoms with Crippen LogP contribution in [0.15, 0.2) is 30.3 Å². The maximum Gasteiger partial charge on any atom is 0.308 e. The maximum atomic E-state index is 11.1. The average molecular weight is 208 g/mol. The van der Waals surface area contributed by atoms with Crippen LogP contribution in [-0.2, 0) is 16.0 Å². The summed E-state index contributed by atoms with van der Waals surface area (Å²) in [4.78, 5) is 11.1. The van der Waals surface area contributed by atoms with Crippen LogP contribution in [-0.4, -0.2) is 23.8 Å². The molecule has 0 aliphatic rings. The number of hydrogen-bond acceptors (Lipinski definition) is 3. The molecule has 0 aromatic heterocycles. The van der Waals surface area contributed by atoms with Crippen molar-refractivity contribution in [2.45, 2.75) is 25.9 Å². The van der Waals surface area contributed by atoms with E-state index in [1.54, 1.807) is 6.92 Å². The van der Waals surface area contributed by atoms with E-state index in [2.05, 4.69) is 0 Å². The number of esters is 1. The molecule has 0 saturated heterocycles. The molecule has 1 rings (SSSR count). The Morgan fingerprint density at radius 1 is 1.40 bits per heavy atom. The molecule has 1 aromatic rings. The van der Waals surface area contributed by atoms with Crippen molar-refractivity contribution in [1.82, 2.24) is 0 Å². The van der Waals surface area contributed by atoms with Gasteiger partial charge in [0.2, 0.25) is 0 Å². The third kappa shape index (κ3) is 4.61. The zero-order valence-electron chi connectivity index (χ0n) is 8.85. The molecule has 0 bridgehead atoms. The second kappa shape index (κ2) is 6.19. The molecule has 3 nitrogen and oxygen atoms in total. The van der Waals surface area contributed by atoms with Gasteiger partial charge in [-0.25, -0.2) is 0 Å². The predicted molar refractivity (Wildman–Crippen MR) is 57.4 cm³/mol. The van der Waals surface area contributed by atoms with E-state index in [0.29, 0.717) is 13.0 Å². The van der Waals surface area contributed by atoms with Crippen LogP contribution in [0.4, 0.5) is 0 Å². The number of carbonyl (C=O) groups excluding carboxylic acids is 1. The average Bonchev–Trinajstić information content (AvgIpc) is 2.19. The normalized spacial score (nSPS) is 12.1. The summed E-state index contributed by atoms with van der Waals surface area (Å²) in [5, 5.41) is 9.60. The van der Waals surface area contributed by atoms with Crippen molar-refractivity contribution >= 4 is 5.97 Å². The Bertz CT molecular complexity index is 295. The van der Waals surface area contributed by atoms with E-state index in [9.17, 15) is 9.90 Å². The van der Waals surface area contributed by atoms with Gasteiger partial charge in [0.1, 0.15) is 0 Å². The number of aliphatic hydroxyl groups is 1. The van der Waals surface area contributed by atoms with Crippen LogP contribution >= 0.6 is 0 Å². The molecule has 0 heterocycles. The summed E-state index contributed by atoms with van der Waals surface area (Å²) in [7, 11) is 0. The highest BCUT2D eigenvalue weighted by Gasteiger charge is 2.11. The molecule has 0 fully saturated rings. The highest BCUT2D eigenvalue weighted by atomic mass is 16.5. The monoisotopic (exact) mass is 208 g/mol. The molecule has 0 unspecified atom stereocenters. The summed E-state index contributed by atoms with van der Waals surface area (Å²) < 4.78 is 4.75. The molecule has 0 aliphatic carbocycles. The van der Waals surface area contributed by atoms with E-state index in [1.165, 1.54) is 0 Å². The first-order valence-corrected chi connectivity index (χ1v) is 5.10. The van der Waals surface area contributed by atoms with Crippen LogP contribution in [0.2, 0.25) is 0 Å². The molecule has 15 heavy (non-hydrogen) atoms. The van der Waals surface area contributed by atoms with Gasteiger partial charge < -0.3 is 9.84 Å². The lowest BCUT2D eigenvalue weighted by atomic mass is 10.1. The van der Waals surface area contributed by atoms with E-state index in [4.69, 9.17) is 4.74 Å². The minimum atomic E-state index is -0.661. The fourth-order valence-corrected chi connectivity index (χ4v) is 1.37. The molecule has 0 spiro atoms. The summed E-state index contributed by atoms with van der Waals surface area (Å²) in [6, 6.07) is 9.59. The first-order valence-electron chi connectivity index (χ1n) is 5.10. The topological polar surface area (TPSA) is 46.5 Å². The van der Waals surface area contributed by atoms with Crippen LogP contribution in [0.5, 0.6) is 0 Å². The molecule has 1 N–H and O–H groups in total. The van der Waals surface area contributed by atoms with Crippen molar-refractivity contribution < 1.29 is 14.6 Å². The minimum absolute atomic E-state index is 0.0583. The number of ether oxygens (including phenoxy) is 1. The lowest BCUT2D eigenvalue weighted by Crippen LogP contribution is -2.17. The maximum absolute atomic E-state index is 11.1. The van der Waals surface area contributed by atoms with Gasteiger partial charge in [-0.3, -0.25) is 4.79 Å². The lowest BCUT2D eigenvalue weighted by Gasteiger charge is -2.09. The number of benzene rings is 1. The fourth-order valence-electron chi connectivity index (χ4n) is 1.37.